The summed E-state index contributed by atoms with van der Waals surface area (Å²) in [4.78, 5) is 38.8. The van der Waals surface area contributed by atoms with E-state index in [2.05, 4.69) is 0 Å². The fraction of sp³-hybridized carbons (Fsp3) is 0.471. The number of carbonyl (C=O) groups is 3. The number of carboxylic acid groups (broad SMARTS) is 1. The maximum atomic E-state index is 13.9. The van der Waals surface area contributed by atoms with E-state index >= 15 is 0 Å². The van der Waals surface area contributed by atoms with Gasteiger partial charge in [0.2, 0.25) is 11.8 Å². The van der Waals surface area contributed by atoms with Crippen LogP contribution in [0.25, 0.3) is 0 Å². The Morgan fingerprint density at radius 2 is 1.92 bits per heavy atom. The summed E-state index contributed by atoms with van der Waals surface area (Å²) in [5, 5.41) is 9.12. The second-order valence-corrected chi connectivity index (χ2v) is 6.32. The second kappa shape index (κ2) is 6.59. The van der Waals surface area contributed by atoms with Crippen LogP contribution in [0.1, 0.15) is 19.3 Å². The smallest absolute Gasteiger partial charge is 0.308 e. The largest absolute Gasteiger partial charge is 0.481 e. The lowest BCUT2D eigenvalue weighted by atomic mass is 9.96. The first-order valence-electron chi connectivity index (χ1n) is 8.04. The van der Waals surface area contributed by atoms with E-state index in [4.69, 9.17) is 5.11 Å². The van der Waals surface area contributed by atoms with Gasteiger partial charge < -0.3 is 14.9 Å². The standard InChI is InChI=1S/C17H19FN2O4/c18-13-5-1-2-6-14(13)20-10-12(8-15(20)21)16(22)19-7-3-4-11(9-19)17(23)24/h1-2,5-6,11-12H,3-4,7-10H2,(H,23,24). The van der Waals surface area contributed by atoms with Crippen molar-refractivity contribution in [2.75, 3.05) is 24.5 Å². The Bertz CT molecular complexity index is 678. The molecule has 3 rings (SSSR count). The first kappa shape index (κ1) is 16.4. The van der Waals surface area contributed by atoms with Gasteiger partial charge in [-0.1, -0.05) is 12.1 Å². The fourth-order valence-electron chi connectivity index (χ4n) is 3.41. The number of carbonyl (C=O) groups excluding carboxylic acids is 2. The number of anilines is 1. The normalized spacial score (nSPS) is 24.3. The first-order valence-corrected chi connectivity index (χ1v) is 8.04. The number of halogens is 1. The molecule has 2 heterocycles. The summed E-state index contributed by atoms with van der Waals surface area (Å²) in [7, 11) is 0. The minimum absolute atomic E-state index is 0.0292. The van der Waals surface area contributed by atoms with Crippen LogP contribution in [-0.4, -0.2) is 47.4 Å². The van der Waals surface area contributed by atoms with Crippen LogP contribution < -0.4 is 4.90 Å². The predicted molar refractivity (Wildman–Crippen MR) is 83.8 cm³/mol. The van der Waals surface area contributed by atoms with Crippen molar-refractivity contribution in [1.82, 2.24) is 4.90 Å². The van der Waals surface area contributed by atoms with E-state index in [1.54, 1.807) is 12.1 Å². The maximum Gasteiger partial charge on any atom is 0.308 e. The van der Waals surface area contributed by atoms with Gasteiger partial charge in [0.1, 0.15) is 5.82 Å². The van der Waals surface area contributed by atoms with Crippen LogP contribution in [-0.2, 0) is 14.4 Å². The number of hydrogen-bond donors (Lipinski definition) is 1. The van der Waals surface area contributed by atoms with Crippen molar-refractivity contribution in [2.45, 2.75) is 19.3 Å². The molecule has 128 valence electrons. The highest BCUT2D eigenvalue weighted by atomic mass is 19.1. The molecule has 1 aromatic carbocycles. The Labute approximate surface area is 138 Å². The zero-order valence-corrected chi connectivity index (χ0v) is 13.2. The third-order valence-corrected chi connectivity index (χ3v) is 4.70. The molecule has 2 aliphatic heterocycles. The van der Waals surface area contributed by atoms with Crippen LogP contribution in [0.3, 0.4) is 0 Å². The minimum Gasteiger partial charge on any atom is -0.481 e. The van der Waals surface area contributed by atoms with Crippen LogP contribution >= 0.6 is 0 Å². The summed E-state index contributed by atoms with van der Waals surface area (Å²) in [5.74, 6) is -3.00. The van der Waals surface area contributed by atoms with Crippen LogP contribution in [0.15, 0.2) is 24.3 Å². The summed E-state index contributed by atoms with van der Waals surface area (Å²) < 4.78 is 13.9. The van der Waals surface area contributed by atoms with Gasteiger partial charge in [-0.05, 0) is 25.0 Å². The Kier molecular flexibility index (Phi) is 4.51. The lowest BCUT2D eigenvalue weighted by molar-refractivity contribution is -0.146. The average molecular weight is 334 g/mol. The summed E-state index contributed by atoms with van der Waals surface area (Å²) in [6.07, 6.45) is 1.23. The molecule has 2 unspecified atom stereocenters. The lowest BCUT2D eigenvalue weighted by Crippen LogP contribution is -2.45. The number of likely N-dealkylation sites (tertiary alicyclic amines) is 1. The Hall–Kier alpha value is -2.44. The molecule has 0 spiro atoms. The minimum atomic E-state index is -0.900. The molecule has 1 aromatic rings. The van der Waals surface area contributed by atoms with E-state index in [1.807, 2.05) is 0 Å². The number of carboxylic acids is 1. The molecule has 2 amide bonds. The molecule has 0 radical (unpaired) electrons. The molecule has 0 saturated carbocycles. The van der Waals surface area contributed by atoms with Gasteiger partial charge in [0.25, 0.3) is 0 Å². The van der Waals surface area contributed by atoms with Crippen molar-refractivity contribution in [2.24, 2.45) is 11.8 Å². The van der Waals surface area contributed by atoms with E-state index in [1.165, 1.54) is 21.9 Å². The zero-order chi connectivity index (χ0) is 17.3. The van der Waals surface area contributed by atoms with E-state index in [-0.39, 0.29) is 37.0 Å². The summed E-state index contributed by atoms with van der Waals surface area (Å²) in [6.45, 7) is 0.818. The van der Waals surface area contributed by atoms with Gasteiger partial charge in [0.05, 0.1) is 17.5 Å². The summed E-state index contributed by atoms with van der Waals surface area (Å²) in [6, 6.07) is 5.98. The third kappa shape index (κ3) is 3.11. The van der Waals surface area contributed by atoms with Crippen molar-refractivity contribution in [3.8, 4) is 0 Å². The Morgan fingerprint density at radius 3 is 2.62 bits per heavy atom. The molecule has 0 aromatic heterocycles. The predicted octanol–water partition coefficient (Wildman–Crippen LogP) is 1.50. The van der Waals surface area contributed by atoms with E-state index in [0.29, 0.717) is 19.4 Å². The van der Waals surface area contributed by atoms with Gasteiger partial charge in [-0.2, -0.15) is 0 Å². The average Bonchev–Trinajstić information content (AvgIpc) is 2.96. The molecule has 0 aliphatic carbocycles. The van der Waals surface area contributed by atoms with Crippen molar-refractivity contribution in [3.05, 3.63) is 30.1 Å². The maximum absolute atomic E-state index is 13.9. The monoisotopic (exact) mass is 334 g/mol. The molecule has 0 bridgehead atoms. The van der Waals surface area contributed by atoms with Crippen molar-refractivity contribution in [3.63, 3.8) is 0 Å². The van der Waals surface area contributed by atoms with Crippen molar-refractivity contribution < 1.29 is 23.9 Å². The van der Waals surface area contributed by atoms with E-state index in [0.717, 1.165) is 0 Å². The van der Waals surface area contributed by atoms with E-state index < -0.39 is 23.6 Å². The van der Waals surface area contributed by atoms with Gasteiger partial charge in [-0.15, -0.1) is 0 Å². The summed E-state index contributed by atoms with van der Waals surface area (Å²) in [5.41, 5.74) is 0.180. The fourth-order valence-corrected chi connectivity index (χ4v) is 3.41. The molecule has 1 N–H and O–H groups in total. The quantitative estimate of drug-likeness (QED) is 0.909. The van der Waals surface area contributed by atoms with Crippen LogP contribution in [0.2, 0.25) is 0 Å². The molecule has 7 heteroatoms. The molecular weight excluding hydrogens is 315 g/mol. The highest BCUT2D eigenvalue weighted by Gasteiger charge is 2.39. The second-order valence-electron chi connectivity index (χ2n) is 6.32. The Morgan fingerprint density at radius 1 is 1.17 bits per heavy atom. The van der Waals surface area contributed by atoms with Crippen LogP contribution in [0.4, 0.5) is 10.1 Å². The molecule has 24 heavy (non-hydrogen) atoms. The number of nitrogens with zero attached hydrogens (tertiary/aromatic N) is 2. The molecule has 2 atom stereocenters. The van der Waals surface area contributed by atoms with Gasteiger partial charge >= 0.3 is 5.97 Å². The van der Waals surface area contributed by atoms with Crippen LogP contribution in [0, 0.1) is 17.7 Å². The summed E-state index contributed by atoms with van der Waals surface area (Å²) >= 11 is 0. The number of amides is 2. The molecule has 2 saturated heterocycles. The zero-order valence-electron chi connectivity index (χ0n) is 13.2. The highest BCUT2D eigenvalue weighted by molar-refractivity contribution is 6.00. The number of para-hydroxylation sites is 1. The highest BCUT2D eigenvalue weighted by Crippen LogP contribution is 2.29. The molecule has 2 fully saturated rings. The van der Waals surface area contributed by atoms with Gasteiger partial charge in [0.15, 0.2) is 0 Å². The van der Waals surface area contributed by atoms with Gasteiger partial charge in [0, 0.05) is 26.1 Å². The first-order chi connectivity index (χ1) is 11.5. The number of benzene rings is 1. The van der Waals surface area contributed by atoms with Crippen LogP contribution in [0.5, 0.6) is 0 Å². The topological polar surface area (TPSA) is 77.9 Å². The van der Waals surface area contributed by atoms with Gasteiger partial charge in [-0.25, -0.2) is 4.39 Å². The molecular formula is C17H19FN2O4. The number of rotatable bonds is 3. The van der Waals surface area contributed by atoms with Crippen molar-refractivity contribution in [1.29, 1.82) is 0 Å². The van der Waals surface area contributed by atoms with Gasteiger partial charge in [-0.3, -0.25) is 14.4 Å². The molecule has 6 nitrogen and oxygen atoms in total. The third-order valence-electron chi connectivity index (χ3n) is 4.70. The number of piperidine rings is 1. The SMILES string of the molecule is O=C(O)C1CCCN(C(=O)C2CC(=O)N(c3ccccc3F)C2)C1. The number of hydrogen-bond acceptors (Lipinski definition) is 3. The Balaban J connectivity index is 1.70. The van der Waals surface area contributed by atoms with E-state index in [9.17, 15) is 18.8 Å². The lowest BCUT2D eigenvalue weighted by Gasteiger charge is -2.32. The number of aliphatic carboxylic acids is 1. The van der Waals surface area contributed by atoms with Crippen molar-refractivity contribution >= 4 is 23.5 Å². The molecule has 2 aliphatic rings.